The van der Waals surface area contributed by atoms with E-state index in [9.17, 15) is 29.1 Å². The number of hydrogen-bond acceptors (Lipinski definition) is 8. The van der Waals surface area contributed by atoms with E-state index in [1.807, 2.05) is 0 Å². The minimum absolute atomic E-state index is 0.0382. The van der Waals surface area contributed by atoms with E-state index in [0.717, 1.165) is 30.1 Å². The van der Waals surface area contributed by atoms with E-state index in [2.05, 4.69) is 31.9 Å². The molecule has 0 aliphatic carbocycles. The third kappa shape index (κ3) is 4.85. The highest BCUT2D eigenvalue weighted by atomic mass is 79.9. The van der Waals surface area contributed by atoms with Crippen LogP contribution >= 0.6 is 31.9 Å². The molecule has 44 heavy (non-hydrogen) atoms. The van der Waals surface area contributed by atoms with Crippen molar-refractivity contribution in [2.45, 2.75) is 5.54 Å². The minimum atomic E-state index is -2.67. The zero-order chi connectivity index (χ0) is 31.8. The van der Waals surface area contributed by atoms with Crippen molar-refractivity contribution in [2.75, 3.05) is 24.0 Å². The van der Waals surface area contributed by atoms with Crippen molar-refractivity contribution in [1.82, 2.24) is 0 Å². The molecule has 2 aliphatic rings. The number of hydrogen-bond donors (Lipinski definition) is 1. The molecule has 0 bridgehead atoms. The topological polar surface area (TPSA) is 131 Å². The highest BCUT2D eigenvalue weighted by molar-refractivity contribution is 9.10. The Morgan fingerprint density at radius 1 is 0.773 bits per heavy atom. The number of aliphatic hydroxyl groups excluding tert-OH is 1. The zero-order valence-electron chi connectivity index (χ0n) is 23.1. The van der Waals surface area contributed by atoms with E-state index < -0.39 is 57.7 Å². The second-order valence-electron chi connectivity index (χ2n) is 9.48. The fourth-order valence-electron chi connectivity index (χ4n) is 5.23. The summed E-state index contributed by atoms with van der Waals surface area (Å²) in [5, 5.41) is 11.4. The van der Waals surface area contributed by atoms with Gasteiger partial charge in [0.25, 0.3) is 11.8 Å². The smallest absolute Gasteiger partial charge is 0.355 e. The molecule has 0 fully saturated rings. The molecule has 2 amide bonds. The van der Waals surface area contributed by atoms with Crippen LogP contribution in [0.4, 0.5) is 11.4 Å². The summed E-state index contributed by atoms with van der Waals surface area (Å²) in [6, 6.07) is 20.9. The first-order chi connectivity index (χ1) is 21.1. The molecule has 0 radical (unpaired) electrons. The molecule has 0 aromatic heterocycles. The van der Waals surface area contributed by atoms with Crippen molar-refractivity contribution in [3.8, 4) is 0 Å². The molecule has 2 aliphatic heterocycles. The van der Waals surface area contributed by atoms with E-state index in [1.54, 1.807) is 54.6 Å². The molecule has 0 saturated carbocycles. The van der Waals surface area contributed by atoms with Gasteiger partial charge >= 0.3 is 11.9 Å². The first kappa shape index (κ1) is 30.6. The lowest BCUT2D eigenvalue weighted by atomic mass is 9.80. The van der Waals surface area contributed by atoms with Crippen LogP contribution in [-0.4, -0.2) is 54.4 Å². The van der Waals surface area contributed by atoms with Gasteiger partial charge in [-0.1, -0.05) is 68.3 Å². The minimum Gasteiger partial charge on any atom is -0.503 e. The molecular formula is C32H22Br2N2O8. The van der Waals surface area contributed by atoms with Crippen molar-refractivity contribution in [3.05, 3.63) is 122 Å². The van der Waals surface area contributed by atoms with Crippen LogP contribution in [0.2, 0.25) is 0 Å². The van der Waals surface area contributed by atoms with Gasteiger partial charge in [0.1, 0.15) is 11.3 Å². The summed E-state index contributed by atoms with van der Waals surface area (Å²) in [5.41, 5.74) is -3.92. The number of esters is 2. The van der Waals surface area contributed by atoms with Gasteiger partial charge in [-0.15, -0.1) is 0 Å². The number of aliphatic hydroxyl groups is 1. The van der Waals surface area contributed by atoms with E-state index in [4.69, 9.17) is 9.47 Å². The van der Waals surface area contributed by atoms with Gasteiger partial charge in [-0.05, 0) is 60.2 Å². The van der Waals surface area contributed by atoms with Crippen LogP contribution in [0.5, 0.6) is 0 Å². The number of carbonyl (C=O) groups is 5. The van der Waals surface area contributed by atoms with Crippen LogP contribution in [-0.2, 0) is 33.4 Å². The van der Waals surface area contributed by atoms with Crippen molar-refractivity contribution < 1.29 is 38.6 Å². The van der Waals surface area contributed by atoms with Crippen molar-refractivity contribution in [1.29, 1.82) is 0 Å². The first-order valence-electron chi connectivity index (χ1n) is 12.9. The molecule has 2 heterocycles. The van der Waals surface area contributed by atoms with Crippen LogP contribution in [0.3, 0.4) is 0 Å². The van der Waals surface area contributed by atoms with Crippen molar-refractivity contribution >= 4 is 78.8 Å². The third-order valence-electron chi connectivity index (χ3n) is 7.09. The summed E-state index contributed by atoms with van der Waals surface area (Å²) in [4.78, 5) is 71.8. The lowest BCUT2D eigenvalue weighted by molar-refractivity contribution is -0.139. The van der Waals surface area contributed by atoms with Gasteiger partial charge in [-0.2, -0.15) is 0 Å². The SMILES string of the molecule is COC(=O)C1=C(C(=O)OC)C2(C(=O)N1c1ccc(Br)cc1)C(C(=O)C=Cc1ccccc1)=C(O)C(=O)N2c1ccc(Br)cc1. The van der Waals surface area contributed by atoms with Gasteiger partial charge in [0.2, 0.25) is 0 Å². The number of ketones is 1. The summed E-state index contributed by atoms with van der Waals surface area (Å²) in [6.45, 7) is 0. The average molecular weight is 722 g/mol. The molecule has 1 unspecified atom stereocenters. The second-order valence-corrected chi connectivity index (χ2v) is 11.3. The molecule has 1 atom stereocenters. The number of rotatable bonds is 7. The largest absolute Gasteiger partial charge is 0.503 e. The summed E-state index contributed by atoms with van der Waals surface area (Å²) in [5.74, 6) is -6.60. The normalized spacial score (nSPS) is 18.2. The number of benzene rings is 3. The average Bonchev–Trinajstić information content (AvgIpc) is 3.43. The maximum absolute atomic E-state index is 14.9. The Hall–Kier alpha value is -4.81. The van der Waals surface area contributed by atoms with Crippen LogP contribution in [0.1, 0.15) is 5.56 Å². The highest BCUT2D eigenvalue weighted by Gasteiger charge is 2.70. The fraction of sp³-hybridized carbons (Fsp3) is 0.0938. The number of anilines is 2. The van der Waals surface area contributed by atoms with Crippen LogP contribution in [0.15, 0.2) is 116 Å². The fourth-order valence-corrected chi connectivity index (χ4v) is 5.76. The Bertz CT molecular complexity index is 1800. The number of carbonyl (C=O) groups excluding carboxylic acids is 5. The van der Waals surface area contributed by atoms with Crippen molar-refractivity contribution in [2.24, 2.45) is 0 Å². The lowest BCUT2D eigenvalue weighted by Gasteiger charge is -2.36. The van der Waals surface area contributed by atoms with E-state index >= 15 is 0 Å². The molecular weight excluding hydrogens is 700 g/mol. The number of halogens is 2. The third-order valence-corrected chi connectivity index (χ3v) is 8.14. The van der Waals surface area contributed by atoms with Gasteiger partial charge in [0.05, 0.1) is 19.8 Å². The number of allylic oxidation sites excluding steroid dienone is 1. The first-order valence-corrected chi connectivity index (χ1v) is 14.5. The Kier molecular flexibility index (Phi) is 8.40. The Morgan fingerprint density at radius 2 is 1.32 bits per heavy atom. The summed E-state index contributed by atoms with van der Waals surface area (Å²) < 4.78 is 11.3. The maximum atomic E-state index is 14.9. The maximum Gasteiger partial charge on any atom is 0.355 e. The second kappa shape index (κ2) is 12.1. The molecule has 10 nitrogen and oxygen atoms in total. The van der Waals surface area contributed by atoms with E-state index in [-0.39, 0.29) is 11.4 Å². The zero-order valence-corrected chi connectivity index (χ0v) is 26.3. The number of nitrogens with zero attached hydrogens (tertiary/aromatic N) is 2. The van der Waals surface area contributed by atoms with Gasteiger partial charge in [0.15, 0.2) is 17.1 Å². The van der Waals surface area contributed by atoms with Crippen molar-refractivity contribution in [3.63, 3.8) is 0 Å². The summed E-state index contributed by atoms with van der Waals surface area (Å²) in [6.07, 6.45) is 2.50. The molecule has 12 heteroatoms. The number of amides is 2. The predicted octanol–water partition coefficient (Wildman–Crippen LogP) is 5.04. The predicted molar refractivity (Wildman–Crippen MR) is 167 cm³/mol. The Labute approximate surface area is 268 Å². The van der Waals surface area contributed by atoms with Crippen LogP contribution in [0, 0.1) is 0 Å². The lowest BCUT2D eigenvalue weighted by Crippen LogP contribution is -2.59. The standard InChI is InChI=1S/C32H22Br2N2O8/c1-43-29(40)25-26(30(41)44-2)35(21-13-9-19(33)10-14-21)31(42)32(25)24(23(37)17-8-18-6-4-3-5-7-18)27(38)28(39)36(32)22-15-11-20(34)12-16-22/h3-17,38H,1-2H3. The van der Waals surface area contributed by atoms with Gasteiger partial charge < -0.3 is 14.6 Å². The van der Waals surface area contributed by atoms with Gasteiger partial charge in [0, 0.05) is 20.3 Å². The van der Waals surface area contributed by atoms with E-state index in [1.165, 1.54) is 30.3 Å². The van der Waals surface area contributed by atoms with Crippen LogP contribution in [0.25, 0.3) is 6.08 Å². The molecule has 1 spiro atoms. The Balaban J connectivity index is 1.88. The van der Waals surface area contributed by atoms with Gasteiger partial charge in [-0.3, -0.25) is 24.2 Å². The number of ether oxygens (including phenoxy) is 2. The molecule has 0 saturated heterocycles. The number of methoxy groups -OCH3 is 2. The van der Waals surface area contributed by atoms with Gasteiger partial charge in [-0.25, -0.2) is 9.59 Å². The molecule has 5 rings (SSSR count). The molecule has 1 N–H and O–H groups in total. The quantitative estimate of drug-likeness (QED) is 0.266. The Morgan fingerprint density at radius 3 is 1.86 bits per heavy atom. The van der Waals surface area contributed by atoms with E-state index in [0.29, 0.717) is 14.5 Å². The molecule has 3 aromatic rings. The molecule has 3 aromatic carbocycles. The highest BCUT2D eigenvalue weighted by Crippen LogP contribution is 2.52. The molecule has 222 valence electrons. The summed E-state index contributed by atoms with van der Waals surface area (Å²) in [7, 11) is 2.07. The summed E-state index contributed by atoms with van der Waals surface area (Å²) >= 11 is 6.65. The van der Waals surface area contributed by atoms with Crippen LogP contribution < -0.4 is 9.80 Å². The monoisotopic (exact) mass is 720 g/mol.